The Morgan fingerprint density at radius 3 is 2.47 bits per heavy atom. The van der Waals surface area contributed by atoms with Crippen LogP contribution >= 0.6 is 11.8 Å². The van der Waals surface area contributed by atoms with E-state index in [0.717, 1.165) is 40.2 Å². The Hall–Kier alpha value is -2.51. The van der Waals surface area contributed by atoms with Gasteiger partial charge in [0, 0.05) is 17.9 Å². The summed E-state index contributed by atoms with van der Waals surface area (Å²) in [6.45, 7) is 7.35. The van der Waals surface area contributed by atoms with E-state index in [1.807, 2.05) is 55.5 Å². The molecule has 0 aliphatic rings. The maximum Gasteiger partial charge on any atom is 0.191 e. The van der Waals surface area contributed by atoms with Crippen LogP contribution in [0.5, 0.6) is 11.5 Å². The number of para-hydroxylation sites is 1. The Bertz CT molecular complexity index is 941. The van der Waals surface area contributed by atoms with Crippen LogP contribution in [0.2, 0.25) is 0 Å². The minimum Gasteiger partial charge on any atom is -0.497 e. The second kappa shape index (κ2) is 10.5. The largest absolute Gasteiger partial charge is 0.497 e. The summed E-state index contributed by atoms with van der Waals surface area (Å²) in [5.41, 5.74) is 2.04. The van der Waals surface area contributed by atoms with Gasteiger partial charge in [-0.25, -0.2) is 0 Å². The van der Waals surface area contributed by atoms with Crippen LogP contribution in [0, 0.1) is 12.8 Å². The third kappa shape index (κ3) is 5.77. The fourth-order valence-electron chi connectivity index (χ4n) is 3.00. The number of benzene rings is 2. The van der Waals surface area contributed by atoms with Crippen LogP contribution in [0.25, 0.3) is 11.4 Å². The van der Waals surface area contributed by atoms with Crippen LogP contribution in [0.15, 0.2) is 53.7 Å². The van der Waals surface area contributed by atoms with Gasteiger partial charge >= 0.3 is 0 Å². The van der Waals surface area contributed by atoms with E-state index in [-0.39, 0.29) is 6.61 Å². The fraction of sp³-hybridized carbons (Fsp3) is 0.391. The first kappa shape index (κ1) is 22.2. The molecule has 6 nitrogen and oxygen atoms in total. The number of methoxy groups -OCH3 is 1. The second-order valence-electron chi connectivity index (χ2n) is 7.58. The van der Waals surface area contributed by atoms with Crippen molar-refractivity contribution in [3.8, 4) is 22.9 Å². The highest BCUT2D eigenvalue weighted by atomic mass is 32.2. The maximum atomic E-state index is 10.4. The molecule has 1 atom stereocenters. The summed E-state index contributed by atoms with van der Waals surface area (Å²) < 4.78 is 13.1. The van der Waals surface area contributed by atoms with Crippen molar-refractivity contribution in [2.24, 2.45) is 5.92 Å². The Morgan fingerprint density at radius 1 is 1.07 bits per heavy atom. The summed E-state index contributed by atoms with van der Waals surface area (Å²) in [7, 11) is 1.65. The summed E-state index contributed by atoms with van der Waals surface area (Å²) in [4.78, 5) is 0. The quantitative estimate of drug-likeness (QED) is 0.482. The lowest BCUT2D eigenvalue weighted by atomic mass is 10.2. The average Bonchev–Trinajstić information content (AvgIpc) is 3.13. The molecule has 1 N–H and O–H groups in total. The standard InChI is InChI=1S/C23H29N3O3S/c1-16(2)13-26-22(18-9-11-20(28-4)12-10-18)24-25-23(26)30-15-19(27)14-29-21-8-6-5-7-17(21)3/h5-12,16,19,27H,13-15H2,1-4H3/t19-/m0/s1. The molecule has 0 aliphatic carbocycles. The molecule has 0 fully saturated rings. The minimum atomic E-state index is -0.608. The van der Waals surface area contributed by atoms with Gasteiger partial charge < -0.3 is 19.1 Å². The number of ether oxygens (including phenoxy) is 2. The molecule has 1 aromatic heterocycles. The van der Waals surface area contributed by atoms with E-state index >= 15 is 0 Å². The Kier molecular flexibility index (Phi) is 7.76. The van der Waals surface area contributed by atoms with Crippen molar-refractivity contribution >= 4 is 11.8 Å². The zero-order valence-corrected chi connectivity index (χ0v) is 18.7. The van der Waals surface area contributed by atoms with E-state index in [1.54, 1.807) is 7.11 Å². The summed E-state index contributed by atoms with van der Waals surface area (Å²) >= 11 is 1.49. The number of thioether (sulfide) groups is 1. The highest BCUT2D eigenvalue weighted by Gasteiger charge is 2.17. The molecule has 160 valence electrons. The Balaban J connectivity index is 1.67. The van der Waals surface area contributed by atoms with Crippen LogP contribution < -0.4 is 9.47 Å². The summed E-state index contributed by atoms with van der Waals surface area (Å²) in [5, 5.41) is 20.0. The number of hydrogen-bond acceptors (Lipinski definition) is 6. The van der Waals surface area contributed by atoms with Crippen molar-refractivity contribution in [2.45, 2.75) is 38.6 Å². The summed E-state index contributed by atoms with van der Waals surface area (Å²) in [5.74, 6) is 3.34. The SMILES string of the molecule is COc1ccc(-c2nnc(SC[C@@H](O)COc3ccccc3C)n2CC(C)C)cc1. The van der Waals surface area contributed by atoms with Crippen LogP contribution in [0.3, 0.4) is 0 Å². The molecule has 1 heterocycles. The monoisotopic (exact) mass is 427 g/mol. The minimum absolute atomic E-state index is 0.238. The van der Waals surface area contributed by atoms with Crippen molar-refractivity contribution in [3.05, 3.63) is 54.1 Å². The molecule has 30 heavy (non-hydrogen) atoms. The number of aromatic nitrogens is 3. The molecule has 0 radical (unpaired) electrons. The number of hydrogen-bond donors (Lipinski definition) is 1. The van der Waals surface area contributed by atoms with E-state index in [1.165, 1.54) is 11.8 Å². The molecule has 0 saturated heterocycles. The number of aliphatic hydroxyl groups excluding tert-OH is 1. The van der Waals surface area contributed by atoms with Crippen molar-refractivity contribution in [2.75, 3.05) is 19.5 Å². The summed E-state index contributed by atoms with van der Waals surface area (Å²) in [6, 6.07) is 15.6. The predicted octanol–water partition coefficient (Wildman–Crippen LogP) is 4.45. The number of aryl methyl sites for hydroxylation is 1. The van der Waals surface area contributed by atoms with Gasteiger partial charge in [0.2, 0.25) is 0 Å². The number of nitrogens with zero attached hydrogens (tertiary/aromatic N) is 3. The van der Waals surface area contributed by atoms with E-state index < -0.39 is 6.10 Å². The van der Waals surface area contributed by atoms with Crippen molar-refractivity contribution in [1.29, 1.82) is 0 Å². The fourth-order valence-corrected chi connectivity index (χ4v) is 3.86. The lowest BCUT2D eigenvalue weighted by Crippen LogP contribution is -2.20. The lowest BCUT2D eigenvalue weighted by molar-refractivity contribution is 0.126. The second-order valence-corrected chi connectivity index (χ2v) is 8.57. The van der Waals surface area contributed by atoms with Gasteiger partial charge in [-0.05, 0) is 48.7 Å². The van der Waals surface area contributed by atoms with Gasteiger partial charge in [0.15, 0.2) is 11.0 Å². The zero-order valence-electron chi connectivity index (χ0n) is 17.9. The first-order valence-electron chi connectivity index (χ1n) is 10.0. The number of aliphatic hydroxyl groups is 1. The molecular formula is C23H29N3O3S. The lowest BCUT2D eigenvalue weighted by Gasteiger charge is -2.15. The molecule has 2 aromatic carbocycles. The molecule has 7 heteroatoms. The van der Waals surface area contributed by atoms with Crippen molar-refractivity contribution < 1.29 is 14.6 Å². The van der Waals surface area contributed by atoms with Gasteiger partial charge in [-0.3, -0.25) is 0 Å². The number of rotatable bonds is 10. The Morgan fingerprint density at radius 2 is 1.80 bits per heavy atom. The van der Waals surface area contributed by atoms with Crippen LogP contribution in [-0.4, -0.2) is 45.4 Å². The molecule has 0 bridgehead atoms. The van der Waals surface area contributed by atoms with Crippen molar-refractivity contribution in [3.63, 3.8) is 0 Å². The topological polar surface area (TPSA) is 69.4 Å². The highest BCUT2D eigenvalue weighted by molar-refractivity contribution is 7.99. The molecule has 0 spiro atoms. The van der Waals surface area contributed by atoms with Gasteiger partial charge in [0.25, 0.3) is 0 Å². The third-order valence-electron chi connectivity index (χ3n) is 4.54. The first-order chi connectivity index (χ1) is 14.5. The van der Waals surface area contributed by atoms with E-state index in [2.05, 4.69) is 28.6 Å². The van der Waals surface area contributed by atoms with Crippen LogP contribution in [0.1, 0.15) is 19.4 Å². The molecule has 3 rings (SSSR count). The van der Waals surface area contributed by atoms with Gasteiger partial charge in [0.1, 0.15) is 18.1 Å². The van der Waals surface area contributed by atoms with E-state index in [4.69, 9.17) is 9.47 Å². The first-order valence-corrected chi connectivity index (χ1v) is 11.0. The molecule has 0 saturated carbocycles. The van der Waals surface area contributed by atoms with Crippen LogP contribution in [-0.2, 0) is 6.54 Å². The van der Waals surface area contributed by atoms with Crippen molar-refractivity contribution in [1.82, 2.24) is 14.8 Å². The van der Waals surface area contributed by atoms with Gasteiger partial charge in [0.05, 0.1) is 13.2 Å². The van der Waals surface area contributed by atoms with Gasteiger partial charge in [-0.2, -0.15) is 0 Å². The van der Waals surface area contributed by atoms with Gasteiger partial charge in [-0.15, -0.1) is 10.2 Å². The summed E-state index contributed by atoms with van der Waals surface area (Å²) in [6.07, 6.45) is -0.608. The normalized spacial score (nSPS) is 12.2. The van der Waals surface area contributed by atoms with E-state index in [9.17, 15) is 5.11 Å². The molecule has 0 aliphatic heterocycles. The molecule has 3 aromatic rings. The molecule has 0 amide bonds. The Labute approximate surface area is 182 Å². The average molecular weight is 428 g/mol. The predicted molar refractivity (Wildman–Crippen MR) is 120 cm³/mol. The highest BCUT2D eigenvalue weighted by Crippen LogP contribution is 2.27. The molecular weight excluding hydrogens is 398 g/mol. The maximum absolute atomic E-state index is 10.4. The molecule has 0 unspecified atom stereocenters. The zero-order chi connectivity index (χ0) is 21.5. The third-order valence-corrected chi connectivity index (χ3v) is 5.65. The van der Waals surface area contributed by atoms with Gasteiger partial charge in [-0.1, -0.05) is 43.8 Å². The van der Waals surface area contributed by atoms with Crippen LogP contribution in [0.4, 0.5) is 0 Å². The van der Waals surface area contributed by atoms with E-state index in [0.29, 0.717) is 11.7 Å². The smallest absolute Gasteiger partial charge is 0.191 e.